The van der Waals surface area contributed by atoms with Gasteiger partial charge in [-0.2, -0.15) is 0 Å². The summed E-state index contributed by atoms with van der Waals surface area (Å²) in [6.45, 7) is 4.20. The van der Waals surface area contributed by atoms with Crippen LogP contribution in [0, 0.1) is 12.3 Å². The molecule has 0 N–H and O–H groups in total. The van der Waals surface area contributed by atoms with E-state index in [4.69, 9.17) is 18.0 Å². The molecule has 0 radical (unpaired) electrons. The maximum Gasteiger partial charge on any atom is 0.0596 e. The fraction of sp³-hybridized carbons (Fsp3) is 0.273. The van der Waals surface area contributed by atoms with Crippen LogP contribution in [0.2, 0.25) is 5.02 Å². The molecule has 1 rings (SSSR count). The number of rotatable bonds is 1. The smallest absolute Gasteiger partial charge is 0.0596 e. The summed E-state index contributed by atoms with van der Waals surface area (Å²) in [6, 6.07) is 5.80. The molecule has 0 fully saturated rings. The molecule has 0 saturated heterocycles. The lowest BCUT2D eigenvalue weighted by Gasteiger charge is -2.08. The summed E-state index contributed by atoms with van der Waals surface area (Å²) >= 11 is 6.06. The predicted octanol–water partition coefficient (Wildman–Crippen LogP) is 3.44. The molecule has 62 valence electrons. The summed E-state index contributed by atoms with van der Waals surface area (Å²) in [5.41, 5.74) is 1.90. The Bertz CT molecular complexity index is 318. The Hall–Kier alpha value is -0.930. The third-order valence-electron chi connectivity index (χ3n) is 1.81. The van der Waals surface area contributed by atoms with Gasteiger partial charge in [-0.25, -0.2) is 0 Å². The molecular weight excluding hydrogens is 168 g/mol. The summed E-state index contributed by atoms with van der Waals surface area (Å²) in [4.78, 5) is 0. The van der Waals surface area contributed by atoms with E-state index in [0.717, 1.165) is 16.1 Å². The van der Waals surface area contributed by atoms with Gasteiger partial charge in [0, 0.05) is 5.56 Å². The first kappa shape index (κ1) is 9.16. The predicted molar refractivity (Wildman–Crippen MR) is 53.5 cm³/mol. The normalized spacial score (nSPS) is 9.92. The van der Waals surface area contributed by atoms with Crippen LogP contribution in [-0.4, -0.2) is 0 Å². The molecule has 0 aliphatic rings. The summed E-state index contributed by atoms with van der Waals surface area (Å²) in [7, 11) is 0. The van der Waals surface area contributed by atoms with Gasteiger partial charge in [-0.05, 0) is 17.5 Å². The van der Waals surface area contributed by atoms with Crippen LogP contribution in [0.5, 0.6) is 0 Å². The van der Waals surface area contributed by atoms with E-state index in [-0.39, 0.29) is 0 Å². The second-order valence-electron chi connectivity index (χ2n) is 3.01. The first-order valence-corrected chi connectivity index (χ1v) is 4.29. The molecule has 0 amide bonds. The maximum atomic E-state index is 6.06. The van der Waals surface area contributed by atoms with Crippen LogP contribution in [0.4, 0.5) is 0 Å². The average Bonchev–Trinajstić information content (AvgIpc) is 2.04. The molecule has 0 aromatic heterocycles. The zero-order chi connectivity index (χ0) is 9.14. The van der Waals surface area contributed by atoms with E-state index in [0.29, 0.717) is 5.92 Å². The van der Waals surface area contributed by atoms with Crippen molar-refractivity contribution < 1.29 is 0 Å². The van der Waals surface area contributed by atoms with Gasteiger partial charge in [-0.1, -0.05) is 43.5 Å². The zero-order valence-electron chi connectivity index (χ0n) is 7.26. The van der Waals surface area contributed by atoms with Crippen molar-refractivity contribution in [2.24, 2.45) is 0 Å². The van der Waals surface area contributed by atoms with Crippen LogP contribution in [-0.2, 0) is 0 Å². The lowest BCUT2D eigenvalue weighted by molar-refractivity contribution is 0.866. The van der Waals surface area contributed by atoms with Gasteiger partial charge in [-0.3, -0.25) is 0 Å². The molecule has 0 saturated carbocycles. The number of halogens is 1. The molecule has 0 unspecified atom stereocenters. The second kappa shape index (κ2) is 3.65. The van der Waals surface area contributed by atoms with Crippen LogP contribution in [0.1, 0.15) is 30.9 Å². The largest absolute Gasteiger partial charge is 0.115 e. The van der Waals surface area contributed by atoms with Gasteiger partial charge in [0.05, 0.1) is 5.02 Å². The fourth-order valence-corrected chi connectivity index (χ4v) is 1.51. The van der Waals surface area contributed by atoms with Crippen molar-refractivity contribution in [3.63, 3.8) is 0 Å². The van der Waals surface area contributed by atoms with E-state index in [1.165, 1.54) is 0 Å². The second-order valence-corrected chi connectivity index (χ2v) is 3.39. The Morgan fingerprint density at radius 1 is 1.42 bits per heavy atom. The minimum Gasteiger partial charge on any atom is -0.115 e. The van der Waals surface area contributed by atoms with E-state index in [2.05, 4.69) is 19.8 Å². The molecule has 0 bridgehead atoms. The van der Waals surface area contributed by atoms with Crippen molar-refractivity contribution in [3.05, 3.63) is 34.3 Å². The third-order valence-corrected chi connectivity index (χ3v) is 2.23. The van der Waals surface area contributed by atoms with E-state index in [9.17, 15) is 0 Å². The Kier molecular flexibility index (Phi) is 2.78. The minimum atomic E-state index is 0.422. The Morgan fingerprint density at radius 2 is 2.08 bits per heavy atom. The first-order chi connectivity index (χ1) is 5.66. The molecule has 1 aromatic carbocycles. The highest BCUT2D eigenvalue weighted by Crippen LogP contribution is 2.26. The number of hydrogen-bond acceptors (Lipinski definition) is 0. The van der Waals surface area contributed by atoms with Gasteiger partial charge in [0.25, 0.3) is 0 Å². The highest BCUT2D eigenvalue weighted by molar-refractivity contribution is 6.32. The fourth-order valence-electron chi connectivity index (χ4n) is 1.11. The van der Waals surface area contributed by atoms with Gasteiger partial charge in [0.15, 0.2) is 0 Å². The standard InChI is InChI=1S/C11H11Cl/c1-4-9-6-5-7-10(8(2)3)11(9)12/h1,5-8H,2-3H3. The summed E-state index contributed by atoms with van der Waals surface area (Å²) < 4.78 is 0. The van der Waals surface area contributed by atoms with E-state index in [1.807, 2.05) is 18.2 Å². The maximum absolute atomic E-state index is 6.06. The van der Waals surface area contributed by atoms with Gasteiger partial charge >= 0.3 is 0 Å². The third kappa shape index (κ3) is 1.62. The Labute approximate surface area is 78.6 Å². The molecule has 0 heterocycles. The van der Waals surface area contributed by atoms with Gasteiger partial charge in [-0.15, -0.1) is 6.42 Å². The Balaban J connectivity index is 3.25. The van der Waals surface area contributed by atoms with Gasteiger partial charge in [0.1, 0.15) is 0 Å². The molecular formula is C11H11Cl. The minimum absolute atomic E-state index is 0.422. The summed E-state index contributed by atoms with van der Waals surface area (Å²) in [5, 5.41) is 0.718. The lowest BCUT2D eigenvalue weighted by atomic mass is 10.0. The number of terminal acetylenes is 1. The van der Waals surface area contributed by atoms with Gasteiger partial charge in [0.2, 0.25) is 0 Å². The molecule has 0 aliphatic heterocycles. The topological polar surface area (TPSA) is 0 Å². The summed E-state index contributed by atoms with van der Waals surface area (Å²) in [6.07, 6.45) is 5.29. The van der Waals surface area contributed by atoms with Crippen LogP contribution in [0.3, 0.4) is 0 Å². The van der Waals surface area contributed by atoms with Crippen LogP contribution in [0.25, 0.3) is 0 Å². The SMILES string of the molecule is C#Cc1cccc(C(C)C)c1Cl. The van der Waals surface area contributed by atoms with Crippen LogP contribution < -0.4 is 0 Å². The van der Waals surface area contributed by atoms with Crippen molar-refractivity contribution >= 4 is 11.6 Å². The lowest BCUT2D eigenvalue weighted by Crippen LogP contribution is -1.90. The molecule has 0 atom stereocenters. The van der Waals surface area contributed by atoms with Crippen LogP contribution >= 0.6 is 11.6 Å². The quantitative estimate of drug-likeness (QED) is 0.578. The number of benzene rings is 1. The highest BCUT2D eigenvalue weighted by Gasteiger charge is 2.06. The molecule has 1 heteroatoms. The van der Waals surface area contributed by atoms with Crippen molar-refractivity contribution in [1.82, 2.24) is 0 Å². The average molecular weight is 179 g/mol. The van der Waals surface area contributed by atoms with E-state index in [1.54, 1.807) is 0 Å². The highest BCUT2D eigenvalue weighted by atomic mass is 35.5. The molecule has 12 heavy (non-hydrogen) atoms. The van der Waals surface area contributed by atoms with Crippen molar-refractivity contribution in [3.8, 4) is 12.3 Å². The summed E-state index contributed by atoms with van der Waals surface area (Å²) in [5.74, 6) is 2.98. The van der Waals surface area contributed by atoms with Crippen molar-refractivity contribution in [1.29, 1.82) is 0 Å². The van der Waals surface area contributed by atoms with Gasteiger partial charge < -0.3 is 0 Å². The van der Waals surface area contributed by atoms with Crippen LogP contribution in [0.15, 0.2) is 18.2 Å². The molecule has 0 aliphatic carbocycles. The molecule has 0 nitrogen and oxygen atoms in total. The van der Waals surface area contributed by atoms with E-state index < -0.39 is 0 Å². The zero-order valence-corrected chi connectivity index (χ0v) is 8.02. The molecule has 1 aromatic rings. The van der Waals surface area contributed by atoms with Crippen molar-refractivity contribution in [2.45, 2.75) is 19.8 Å². The Morgan fingerprint density at radius 3 is 2.58 bits per heavy atom. The first-order valence-electron chi connectivity index (χ1n) is 3.92. The van der Waals surface area contributed by atoms with E-state index >= 15 is 0 Å². The monoisotopic (exact) mass is 178 g/mol. The molecule has 0 spiro atoms. The number of hydrogen-bond donors (Lipinski definition) is 0. The van der Waals surface area contributed by atoms with Crippen molar-refractivity contribution in [2.75, 3.05) is 0 Å².